The lowest BCUT2D eigenvalue weighted by Gasteiger charge is -2.14. The fourth-order valence-electron chi connectivity index (χ4n) is 2.19. The van der Waals surface area contributed by atoms with Crippen LogP contribution in [0.3, 0.4) is 0 Å². The van der Waals surface area contributed by atoms with Crippen molar-refractivity contribution in [2.45, 2.75) is 13.5 Å². The molecule has 1 amide bonds. The van der Waals surface area contributed by atoms with Crippen LogP contribution in [0.1, 0.15) is 11.1 Å². The summed E-state index contributed by atoms with van der Waals surface area (Å²) in [4.78, 5) is 12.8. The van der Waals surface area contributed by atoms with Crippen molar-refractivity contribution >= 4 is 11.6 Å². The van der Waals surface area contributed by atoms with E-state index in [2.05, 4.69) is 5.32 Å². The van der Waals surface area contributed by atoms with Gasteiger partial charge in [0.15, 0.2) is 6.54 Å². The zero-order chi connectivity index (χ0) is 16.1. The highest BCUT2D eigenvalue weighted by Gasteiger charge is 2.15. The maximum atomic E-state index is 13.5. The van der Waals surface area contributed by atoms with Crippen molar-refractivity contribution in [1.29, 1.82) is 0 Å². The van der Waals surface area contributed by atoms with Gasteiger partial charge in [0.05, 0.1) is 7.05 Å². The van der Waals surface area contributed by atoms with Crippen molar-refractivity contribution in [3.8, 4) is 0 Å². The summed E-state index contributed by atoms with van der Waals surface area (Å²) in [7, 11) is 1.86. The van der Waals surface area contributed by atoms with E-state index in [0.717, 1.165) is 22.6 Å². The zero-order valence-corrected chi connectivity index (χ0v) is 12.6. The Bertz CT molecular complexity index is 636. The topological polar surface area (TPSA) is 33.5 Å². The van der Waals surface area contributed by atoms with E-state index in [9.17, 15) is 13.6 Å². The molecule has 2 aromatic rings. The summed E-state index contributed by atoms with van der Waals surface area (Å²) >= 11 is 0. The van der Waals surface area contributed by atoms with Gasteiger partial charge in [0, 0.05) is 5.56 Å². The first-order valence-electron chi connectivity index (χ1n) is 7.06. The van der Waals surface area contributed by atoms with E-state index in [1.165, 1.54) is 11.6 Å². The quantitative estimate of drug-likeness (QED) is 0.869. The van der Waals surface area contributed by atoms with Gasteiger partial charge in [-0.05, 0) is 19.1 Å². The number of hydrogen-bond donors (Lipinski definition) is 2. The van der Waals surface area contributed by atoms with Gasteiger partial charge in [-0.1, -0.05) is 35.9 Å². The number of benzene rings is 2. The summed E-state index contributed by atoms with van der Waals surface area (Å²) in [5.41, 5.74) is 1.89. The maximum absolute atomic E-state index is 13.5. The monoisotopic (exact) mass is 305 g/mol. The number of carbonyl (C=O) groups is 1. The van der Waals surface area contributed by atoms with Gasteiger partial charge in [0.1, 0.15) is 23.9 Å². The SMILES string of the molecule is Cc1ccc(C[NH+](C)CC(=O)Nc2c(F)cccc2F)cc1. The first-order valence-corrected chi connectivity index (χ1v) is 7.06. The molecule has 0 bridgehead atoms. The number of quaternary nitrogens is 1. The third kappa shape index (κ3) is 4.36. The van der Waals surface area contributed by atoms with Crippen LogP contribution < -0.4 is 10.2 Å². The van der Waals surface area contributed by atoms with Crippen LogP contribution in [-0.2, 0) is 11.3 Å². The highest BCUT2D eigenvalue weighted by molar-refractivity contribution is 5.91. The van der Waals surface area contributed by atoms with Crippen LogP contribution >= 0.6 is 0 Å². The number of aryl methyl sites for hydroxylation is 1. The van der Waals surface area contributed by atoms with E-state index in [0.29, 0.717) is 6.54 Å². The number of rotatable bonds is 5. The molecule has 0 saturated heterocycles. The Morgan fingerprint density at radius 2 is 1.68 bits per heavy atom. The molecule has 2 rings (SSSR count). The number of halogens is 2. The number of amides is 1. The third-order valence-corrected chi connectivity index (χ3v) is 3.32. The Balaban J connectivity index is 1.92. The summed E-state index contributed by atoms with van der Waals surface area (Å²) in [6, 6.07) is 11.5. The van der Waals surface area contributed by atoms with E-state index in [4.69, 9.17) is 0 Å². The minimum atomic E-state index is -0.774. The standard InChI is InChI=1S/C17H18F2N2O/c1-12-6-8-13(9-7-12)10-21(2)11-16(22)20-17-14(18)4-3-5-15(17)19/h3-9H,10-11H2,1-2H3,(H,20,22)/p+1. The van der Waals surface area contributed by atoms with Crippen LogP contribution in [0.2, 0.25) is 0 Å². The Kier molecular flexibility index (Phi) is 5.22. The van der Waals surface area contributed by atoms with E-state index >= 15 is 0 Å². The molecule has 0 saturated carbocycles. The van der Waals surface area contributed by atoms with Crippen molar-refractivity contribution in [2.75, 3.05) is 18.9 Å². The summed E-state index contributed by atoms with van der Waals surface area (Å²) in [6.45, 7) is 2.80. The second-order valence-corrected chi connectivity index (χ2v) is 5.44. The summed E-state index contributed by atoms with van der Waals surface area (Å²) in [6.07, 6.45) is 0. The van der Waals surface area contributed by atoms with Crippen LogP contribution in [-0.4, -0.2) is 19.5 Å². The molecule has 0 aliphatic rings. The van der Waals surface area contributed by atoms with Crippen molar-refractivity contribution in [2.24, 2.45) is 0 Å². The molecule has 3 nitrogen and oxygen atoms in total. The van der Waals surface area contributed by atoms with Crippen LogP contribution in [0.4, 0.5) is 14.5 Å². The summed E-state index contributed by atoms with van der Waals surface area (Å²) in [5.74, 6) is -1.97. The molecule has 5 heteroatoms. The van der Waals surface area contributed by atoms with Gasteiger partial charge < -0.3 is 10.2 Å². The van der Waals surface area contributed by atoms with Crippen molar-refractivity contribution in [1.82, 2.24) is 0 Å². The molecule has 2 aromatic carbocycles. The second kappa shape index (κ2) is 7.13. The lowest BCUT2D eigenvalue weighted by atomic mass is 10.1. The first kappa shape index (κ1) is 16.1. The van der Waals surface area contributed by atoms with E-state index in [-0.39, 0.29) is 6.54 Å². The van der Waals surface area contributed by atoms with Gasteiger partial charge >= 0.3 is 0 Å². The van der Waals surface area contributed by atoms with Gasteiger partial charge in [-0.15, -0.1) is 0 Å². The molecule has 1 atom stereocenters. The number of likely N-dealkylation sites (N-methyl/N-ethyl adjacent to an activating group) is 1. The molecule has 0 fully saturated rings. The molecule has 0 spiro atoms. The number of hydrogen-bond acceptors (Lipinski definition) is 1. The minimum Gasteiger partial charge on any atom is -0.326 e. The smallest absolute Gasteiger partial charge is 0.279 e. The normalized spacial score (nSPS) is 12.0. The van der Waals surface area contributed by atoms with Crippen LogP contribution in [0.25, 0.3) is 0 Å². The zero-order valence-electron chi connectivity index (χ0n) is 12.6. The molecular weight excluding hydrogens is 286 g/mol. The molecule has 1 unspecified atom stereocenters. The molecule has 22 heavy (non-hydrogen) atoms. The Morgan fingerprint density at radius 3 is 2.27 bits per heavy atom. The highest BCUT2D eigenvalue weighted by atomic mass is 19.1. The largest absolute Gasteiger partial charge is 0.326 e. The van der Waals surface area contributed by atoms with Gasteiger partial charge in [-0.25, -0.2) is 8.78 Å². The van der Waals surface area contributed by atoms with Gasteiger partial charge in [-0.2, -0.15) is 0 Å². The number of nitrogens with one attached hydrogen (secondary N) is 2. The number of para-hydroxylation sites is 1. The highest BCUT2D eigenvalue weighted by Crippen LogP contribution is 2.17. The maximum Gasteiger partial charge on any atom is 0.279 e. The predicted octanol–water partition coefficient (Wildman–Crippen LogP) is 1.93. The molecule has 0 aromatic heterocycles. The third-order valence-electron chi connectivity index (χ3n) is 3.32. The average Bonchev–Trinajstić information content (AvgIpc) is 2.45. The predicted molar refractivity (Wildman–Crippen MR) is 81.6 cm³/mol. The fourth-order valence-corrected chi connectivity index (χ4v) is 2.19. The van der Waals surface area contributed by atoms with Crippen LogP contribution in [0.15, 0.2) is 42.5 Å². The summed E-state index contributed by atoms with van der Waals surface area (Å²) in [5, 5.41) is 2.29. The second-order valence-electron chi connectivity index (χ2n) is 5.44. The Labute approximate surface area is 128 Å². The van der Waals surface area contributed by atoms with Crippen LogP contribution in [0, 0.1) is 18.6 Å². The van der Waals surface area contributed by atoms with Crippen LogP contribution in [0.5, 0.6) is 0 Å². The van der Waals surface area contributed by atoms with E-state index in [1.807, 2.05) is 38.2 Å². The molecule has 2 N–H and O–H groups in total. The average molecular weight is 305 g/mol. The molecular formula is C17H19F2N2O+. The molecule has 0 aliphatic carbocycles. The molecule has 0 aliphatic heterocycles. The fraction of sp³-hybridized carbons (Fsp3) is 0.235. The van der Waals surface area contributed by atoms with Crippen molar-refractivity contribution < 1.29 is 18.5 Å². The lowest BCUT2D eigenvalue weighted by Crippen LogP contribution is -3.08. The Hall–Kier alpha value is -2.27. The number of carbonyl (C=O) groups excluding carboxylic acids is 1. The lowest BCUT2D eigenvalue weighted by molar-refractivity contribution is -0.885. The van der Waals surface area contributed by atoms with Gasteiger partial charge in [-0.3, -0.25) is 4.79 Å². The van der Waals surface area contributed by atoms with Crippen molar-refractivity contribution in [3.63, 3.8) is 0 Å². The van der Waals surface area contributed by atoms with E-state index in [1.54, 1.807) is 0 Å². The van der Waals surface area contributed by atoms with Gasteiger partial charge in [0.25, 0.3) is 5.91 Å². The van der Waals surface area contributed by atoms with E-state index < -0.39 is 23.2 Å². The number of anilines is 1. The first-order chi connectivity index (χ1) is 10.5. The van der Waals surface area contributed by atoms with Gasteiger partial charge in [0.2, 0.25) is 0 Å². The summed E-state index contributed by atoms with van der Waals surface area (Å²) < 4.78 is 26.9. The molecule has 0 heterocycles. The molecule has 116 valence electrons. The minimum absolute atomic E-state index is 0.127. The Morgan fingerprint density at radius 1 is 1.09 bits per heavy atom. The molecule has 0 radical (unpaired) electrons. The van der Waals surface area contributed by atoms with Crippen molar-refractivity contribution in [3.05, 3.63) is 65.2 Å².